The summed E-state index contributed by atoms with van der Waals surface area (Å²) in [6.45, 7) is 2.90. The minimum absolute atomic E-state index is 0.0154. The van der Waals surface area contributed by atoms with Crippen molar-refractivity contribution in [3.8, 4) is 11.5 Å². The zero-order valence-electron chi connectivity index (χ0n) is 19.6. The van der Waals surface area contributed by atoms with E-state index in [4.69, 9.17) is 9.47 Å². The van der Waals surface area contributed by atoms with Crippen molar-refractivity contribution in [1.29, 1.82) is 0 Å². The predicted octanol–water partition coefficient (Wildman–Crippen LogP) is 5.53. The van der Waals surface area contributed by atoms with Gasteiger partial charge in [-0.05, 0) is 65.4 Å². The Labute approximate surface area is 204 Å². The molecule has 1 heterocycles. The van der Waals surface area contributed by atoms with Crippen molar-refractivity contribution in [1.82, 2.24) is 4.90 Å². The van der Waals surface area contributed by atoms with Gasteiger partial charge in [0.05, 0.1) is 7.11 Å². The Morgan fingerprint density at radius 1 is 0.857 bits per heavy atom. The number of ether oxygens (including phenoxy) is 2. The van der Waals surface area contributed by atoms with E-state index in [0.717, 1.165) is 27.8 Å². The van der Waals surface area contributed by atoms with Crippen molar-refractivity contribution in [3.05, 3.63) is 102 Å². The SMILES string of the molecule is COc1ccc(C(=O)N2CCN(c3ccc(F)cc3)CC2)cc1COc1ccc2ccccc2c1. The number of piperazine rings is 1. The van der Waals surface area contributed by atoms with Gasteiger partial charge in [-0.1, -0.05) is 30.3 Å². The smallest absolute Gasteiger partial charge is 0.253 e. The van der Waals surface area contributed by atoms with Crippen LogP contribution in [0.5, 0.6) is 11.5 Å². The van der Waals surface area contributed by atoms with Crippen molar-refractivity contribution < 1.29 is 18.7 Å². The molecule has 1 saturated heterocycles. The lowest BCUT2D eigenvalue weighted by Gasteiger charge is -2.36. The summed E-state index contributed by atoms with van der Waals surface area (Å²) in [6, 6.07) is 26.1. The Morgan fingerprint density at radius 3 is 2.34 bits per heavy atom. The highest BCUT2D eigenvalue weighted by Gasteiger charge is 2.23. The van der Waals surface area contributed by atoms with Gasteiger partial charge in [-0.3, -0.25) is 4.79 Å². The van der Waals surface area contributed by atoms with Crippen LogP contribution in [0.15, 0.2) is 84.9 Å². The highest BCUT2D eigenvalue weighted by molar-refractivity contribution is 5.94. The maximum Gasteiger partial charge on any atom is 0.253 e. The number of carbonyl (C=O) groups is 1. The molecular formula is C29H27FN2O3. The molecule has 0 bridgehead atoms. The molecule has 5 nitrogen and oxygen atoms in total. The van der Waals surface area contributed by atoms with Gasteiger partial charge in [0.1, 0.15) is 23.9 Å². The van der Waals surface area contributed by atoms with Crippen LogP contribution in [0.2, 0.25) is 0 Å². The van der Waals surface area contributed by atoms with Gasteiger partial charge >= 0.3 is 0 Å². The zero-order valence-corrected chi connectivity index (χ0v) is 19.6. The average molecular weight is 471 g/mol. The summed E-state index contributed by atoms with van der Waals surface area (Å²) in [7, 11) is 1.62. The van der Waals surface area contributed by atoms with Crippen LogP contribution in [0.1, 0.15) is 15.9 Å². The van der Waals surface area contributed by atoms with Gasteiger partial charge < -0.3 is 19.3 Å². The van der Waals surface area contributed by atoms with Crippen LogP contribution in [0.25, 0.3) is 10.8 Å². The molecule has 0 N–H and O–H groups in total. The fraction of sp³-hybridized carbons (Fsp3) is 0.207. The molecule has 4 aromatic carbocycles. The Bertz CT molecular complexity index is 1330. The molecule has 178 valence electrons. The third kappa shape index (κ3) is 5.06. The number of fused-ring (bicyclic) bond motifs is 1. The third-order valence-electron chi connectivity index (χ3n) is 6.40. The second-order valence-electron chi connectivity index (χ2n) is 8.58. The number of rotatable bonds is 6. The van der Waals surface area contributed by atoms with Crippen molar-refractivity contribution in [2.45, 2.75) is 6.61 Å². The molecule has 0 aromatic heterocycles. The topological polar surface area (TPSA) is 42.0 Å². The van der Waals surface area contributed by atoms with Crippen LogP contribution in [-0.4, -0.2) is 44.1 Å². The van der Waals surface area contributed by atoms with Crippen LogP contribution >= 0.6 is 0 Å². The third-order valence-corrected chi connectivity index (χ3v) is 6.40. The summed E-state index contributed by atoms with van der Waals surface area (Å²) in [6.07, 6.45) is 0. The van der Waals surface area contributed by atoms with Crippen LogP contribution in [0.3, 0.4) is 0 Å². The van der Waals surface area contributed by atoms with E-state index in [-0.39, 0.29) is 11.7 Å². The van der Waals surface area contributed by atoms with Crippen molar-refractivity contribution >= 4 is 22.4 Å². The molecule has 1 fully saturated rings. The molecular weight excluding hydrogens is 443 g/mol. The van der Waals surface area contributed by atoms with Crippen LogP contribution in [-0.2, 0) is 6.61 Å². The van der Waals surface area contributed by atoms with E-state index in [2.05, 4.69) is 17.0 Å². The van der Waals surface area contributed by atoms with Gasteiger partial charge in [-0.15, -0.1) is 0 Å². The number of nitrogens with zero attached hydrogens (tertiary/aromatic N) is 2. The minimum Gasteiger partial charge on any atom is -0.496 e. The quantitative estimate of drug-likeness (QED) is 0.372. The number of amides is 1. The fourth-order valence-electron chi connectivity index (χ4n) is 4.44. The van der Waals surface area contributed by atoms with Gasteiger partial charge in [0.15, 0.2) is 0 Å². The molecule has 0 radical (unpaired) electrons. The van der Waals surface area contributed by atoms with E-state index in [1.54, 1.807) is 25.3 Å². The van der Waals surface area contributed by atoms with E-state index in [9.17, 15) is 9.18 Å². The number of methoxy groups -OCH3 is 1. The van der Waals surface area contributed by atoms with Crippen LogP contribution < -0.4 is 14.4 Å². The molecule has 6 heteroatoms. The molecule has 1 amide bonds. The first-order valence-corrected chi connectivity index (χ1v) is 11.7. The molecule has 0 spiro atoms. The van der Waals surface area contributed by atoms with Gasteiger partial charge in [0.25, 0.3) is 5.91 Å². The Balaban J connectivity index is 1.26. The van der Waals surface area contributed by atoms with Crippen LogP contribution in [0.4, 0.5) is 10.1 Å². The lowest BCUT2D eigenvalue weighted by molar-refractivity contribution is 0.0746. The second kappa shape index (κ2) is 10.1. The molecule has 5 rings (SSSR count). The number of benzene rings is 4. The normalized spacial score (nSPS) is 13.7. The van der Waals surface area contributed by atoms with Gasteiger partial charge in [0.2, 0.25) is 0 Å². The average Bonchev–Trinajstić information content (AvgIpc) is 2.91. The van der Waals surface area contributed by atoms with E-state index in [1.165, 1.54) is 12.1 Å². The largest absolute Gasteiger partial charge is 0.496 e. The Morgan fingerprint density at radius 2 is 1.60 bits per heavy atom. The summed E-state index contributed by atoms with van der Waals surface area (Å²) >= 11 is 0. The van der Waals surface area contributed by atoms with Crippen molar-refractivity contribution in [2.24, 2.45) is 0 Å². The Hall–Kier alpha value is -4.06. The van der Waals surface area contributed by atoms with E-state index < -0.39 is 0 Å². The number of carbonyl (C=O) groups excluding carboxylic acids is 1. The standard InChI is InChI=1S/C29H27FN2O3/c1-34-28-13-7-23(18-24(28)20-35-27-12-6-21-4-2-3-5-22(21)19-27)29(33)32-16-14-31(15-17-32)26-10-8-25(30)9-11-26/h2-13,18-19H,14-17,20H2,1H3. The number of hydrogen-bond acceptors (Lipinski definition) is 4. The molecule has 1 aliphatic heterocycles. The molecule has 0 atom stereocenters. The maximum absolute atomic E-state index is 13.2. The molecule has 0 aliphatic carbocycles. The monoisotopic (exact) mass is 470 g/mol. The minimum atomic E-state index is -0.248. The van der Waals surface area contributed by atoms with E-state index in [0.29, 0.717) is 44.1 Å². The molecule has 4 aromatic rings. The number of halogens is 1. The van der Waals surface area contributed by atoms with E-state index in [1.807, 2.05) is 47.4 Å². The summed E-state index contributed by atoms with van der Waals surface area (Å²) in [4.78, 5) is 17.3. The first kappa shape index (κ1) is 22.7. The number of anilines is 1. The van der Waals surface area contributed by atoms with Crippen LogP contribution in [0, 0.1) is 5.82 Å². The highest BCUT2D eigenvalue weighted by Crippen LogP contribution is 2.26. The lowest BCUT2D eigenvalue weighted by atomic mass is 10.1. The van der Waals surface area contributed by atoms with Gasteiger partial charge in [-0.2, -0.15) is 0 Å². The summed E-state index contributed by atoms with van der Waals surface area (Å²) in [5.74, 6) is 1.18. The second-order valence-corrected chi connectivity index (χ2v) is 8.58. The molecule has 0 unspecified atom stereocenters. The first-order valence-electron chi connectivity index (χ1n) is 11.7. The molecule has 35 heavy (non-hydrogen) atoms. The van der Waals surface area contributed by atoms with E-state index >= 15 is 0 Å². The maximum atomic E-state index is 13.2. The van der Waals surface area contributed by atoms with Crippen molar-refractivity contribution in [3.63, 3.8) is 0 Å². The number of hydrogen-bond donors (Lipinski definition) is 0. The summed E-state index contributed by atoms with van der Waals surface area (Å²) < 4.78 is 24.8. The highest BCUT2D eigenvalue weighted by atomic mass is 19.1. The first-order chi connectivity index (χ1) is 17.1. The Kier molecular flexibility index (Phi) is 6.53. The van der Waals surface area contributed by atoms with Gasteiger partial charge in [0, 0.05) is 43.0 Å². The lowest BCUT2D eigenvalue weighted by Crippen LogP contribution is -2.48. The fourth-order valence-corrected chi connectivity index (χ4v) is 4.44. The molecule has 0 saturated carbocycles. The molecule has 1 aliphatic rings. The van der Waals surface area contributed by atoms with Crippen molar-refractivity contribution in [2.75, 3.05) is 38.2 Å². The van der Waals surface area contributed by atoms with Gasteiger partial charge in [-0.25, -0.2) is 4.39 Å². The summed E-state index contributed by atoms with van der Waals surface area (Å²) in [5.41, 5.74) is 2.39. The predicted molar refractivity (Wildman–Crippen MR) is 136 cm³/mol. The summed E-state index contributed by atoms with van der Waals surface area (Å²) in [5, 5.41) is 2.27. The zero-order chi connectivity index (χ0) is 24.2.